The summed E-state index contributed by atoms with van der Waals surface area (Å²) in [5.74, 6) is 1.14. The minimum absolute atomic E-state index is 0.0991. The first-order valence-electron chi connectivity index (χ1n) is 10.9. The highest BCUT2D eigenvalue weighted by Gasteiger charge is 2.51. The number of carbonyl (C=O) groups is 1. The molecular formula is C24H26FN3O4. The molecule has 2 aliphatic heterocycles. The monoisotopic (exact) mass is 439 g/mol. The summed E-state index contributed by atoms with van der Waals surface area (Å²) in [4.78, 5) is 18.5. The quantitative estimate of drug-likeness (QED) is 0.503. The summed E-state index contributed by atoms with van der Waals surface area (Å²) < 4.78 is 32.6. The molecule has 1 atom stereocenters. The smallest absolute Gasteiger partial charge is 0.289 e. The van der Waals surface area contributed by atoms with Crippen LogP contribution in [0, 0.1) is 11.7 Å². The maximum Gasteiger partial charge on any atom is 0.289 e. The SMILES string of the molecule is O=C(c1ccc(Cn2ccnc2)o1)N1CC2(CC(CCOCc3cccc(F)c3)CO2)C1. The Balaban J connectivity index is 1.05. The van der Waals surface area contributed by atoms with Crippen LogP contribution in [0.5, 0.6) is 0 Å². The number of nitrogens with zero attached hydrogens (tertiary/aromatic N) is 3. The van der Waals surface area contributed by atoms with Crippen molar-refractivity contribution < 1.29 is 23.1 Å². The van der Waals surface area contributed by atoms with Crippen LogP contribution in [0.25, 0.3) is 0 Å². The molecule has 2 fully saturated rings. The van der Waals surface area contributed by atoms with Gasteiger partial charge in [-0.05, 0) is 48.6 Å². The van der Waals surface area contributed by atoms with Gasteiger partial charge in [-0.2, -0.15) is 0 Å². The van der Waals surface area contributed by atoms with Crippen LogP contribution >= 0.6 is 0 Å². The topological polar surface area (TPSA) is 69.7 Å². The molecule has 168 valence electrons. The lowest BCUT2D eigenvalue weighted by atomic mass is 9.86. The minimum Gasteiger partial charge on any atom is -0.454 e. The van der Waals surface area contributed by atoms with Crippen LogP contribution in [-0.2, 0) is 22.6 Å². The number of halogens is 1. The average molecular weight is 439 g/mol. The summed E-state index contributed by atoms with van der Waals surface area (Å²) in [6.07, 6.45) is 7.08. The number of rotatable bonds is 8. The Morgan fingerprint density at radius 1 is 1.28 bits per heavy atom. The molecule has 2 saturated heterocycles. The van der Waals surface area contributed by atoms with E-state index < -0.39 is 0 Å². The molecule has 1 spiro atoms. The van der Waals surface area contributed by atoms with Crippen molar-refractivity contribution in [2.24, 2.45) is 5.92 Å². The van der Waals surface area contributed by atoms with E-state index in [1.54, 1.807) is 29.6 Å². The zero-order chi connectivity index (χ0) is 22.0. The van der Waals surface area contributed by atoms with Crippen molar-refractivity contribution in [3.8, 4) is 0 Å². The van der Waals surface area contributed by atoms with E-state index in [4.69, 9.17) is 13.9 Å². The van der Waals surface area contributed by atoms with Gasteiger partial charge in [0.1, 0.15) is 17.2 Å². The Morgan fingerprint density at radius 3 is 3.00 bits per heavy atom. The van der Waals surface area contributed by atoms with E-state index in [2.05, 4.69) is 4.98 Å². The van der Waals surface area contributed by atoms with E-state index in [0.29, 0.717) is 51.1 Å². The van der Waals surface area contributed by atoms with Crippen LogP contribution in [0.3, 0.4) is 0 Å². The van der Waals surface area contributed by atoms with Crippen molar-refractivity contribution in [3.63, 3.8) is 0 Å². The molecule has 5 rings (SSSR count). The normalized spacial score (nSPS) is 19.4. The van der Waals surface area contributed by atoms with Crippen LogP contribution in [0.15, 0.2) is 59.5 Å². The molecule has 0 bridgehead atoms. The number of hydrogen-bond acceptors (Lipinski definition) is 5. The zero-order valence-electron chi connectivity index (χ0n) is 17.8. The molecule has 0 aliphatic carbocycles. The molecule has 1 unspecified atom stereocenters. The Bertz CT molecular complexity index is 1060. The van der Waals surface area contributed by atoms with Crippen LogP contribution in [-0.4, -0.2) is 52.3 Å². The minimum atomic E-state index is -0.245. The van der Waals surface area contributed by atoms with Crippen LogP contribution in [0.1, 0.15) is 34.7 Å². The molecule has 7 nitrogen and oxygen atoms in total. The van der Waals surface area contributed by atoms with Gasteiger partial charge in [0.25, 0.3) is 5.91 Å². The fourth-order valence-electron chi connectivity index (χ4n) is 4.50. The van der Waals surface area contributed by atoms with Gasteiger partial charge in [-0.3, -0.25) is 4.79 Å². The number of aromatic nitrogens is 2. The highest BCUT2D eigenvalue weighted by atomic mass is 19.1. The van der Waals surface area contributed by atoms with Gasteiger partial charge in [0.15, 0.2) is 5.76 Å². The molecule has 32 heavy (non-hydrogen) atoms. The second kappa shape index (κ2) is 8.88. The van der Waals surface area contributed by atoms with Crippen molar-refractivity contribution in [2.75, 3.05) is 26.3 Å². The van der Waals surface area contributed by atoms with Gasteiger partial charge in [-0.15, -0.1) is 0 Å². The van der Waals surface area contributed by atoms with Crippen molar-refractivity contribution in [3.05, 3.63) is 78.0 Å². The number of amides is 1. The lowest BCUT2D eigenvalue weighted by Crippen LogP contribution is -2.63. The lowest BCUT2D eigenvalue weighted by molar-refractivity contribution is -0.0957. The van der Waals surface area contributed by atoms with Crippen molar-refractivity contribution >= 4 is 5.91 Å². The largest absolute Gasteiger partial charge is 0.454 e. The Hall–Kier alpha value is -2.97. The molecule has 1 amide bonds. The van der Waals surface area contributed by atoms with E-state index in [-0.39, 0.29) is 17.3 Å². The van der Waals surface area contributed by atoms with E-state index >= 15 is 0 Å². The highest BCUT2D eigenvalue weighted by Crippen LogP contribution is 2.39. The maximum atomic E-state index is 13.2. The average Bonchev–Trinajstić information content (AvgIpc) is 3.51. The molecule has 0 N–H and O–H groups in total. The summed E-state index contributed by atoms with van der Waals surface area (Å²) >= 11 is 0. The fraction of sp³-hybridized carbons (Fsp3) is 0.417. The van der Waals surface area contributed by atoms with Gasteiger partial charge >= 0.3 is 0 Å². The van der Waals surface area contributed by atoms with Crippen LogP contribution in [0.2, 0.25) is 0 Å². The predicted molar refractivity (Wildman–Crippen MR) is 113 cm³/mol. The molecule has 3 aromatic rings. The third-order valence-electron chi connectivity index (χ3n) is 6.13. The number of benzene rings is 1. The number of furan rings is 1. The molecule has 0 radical (unpaired) electrons. The van der Waals surface area contributed by atoms with Crippen LogP contribution in [0.4, 0.5) is 4.39 Å². The number of ether oxygens (including phenoxy) is 2. The Kier molecular flexibility index (Phi) is 5.80. The lowest BCUT2D eigenvalue weighted by Gasteiger charge is -2.46. The maximum absolute atomic E-state index is 13.2. The number of hydrogen-bond donors (Lipinski definition) is 0. The number of carbonyl (C=O) groups excluding carboxylic acids is 1. The standard InChI is InChI=1S/C24H26FN3O4/c25-20-3-1-2-18(10-20)13-30-9-6-19-11-24(31-14-19)15-28(16-24)23(29)22-5-4-21(32-22)12-27-8-7-26-17-27/h1-5,7-8,10,17,19H,6,9,11-16H2. The van der Waals surface area contributed by atoms with Gasteiger partial charge in [0.2, 0.25) is 0 Å². The van der Waals surface area contributed by atoms with E-state index in [1.807, 2.05) is 22.9 Å². The van der Waals surface area contributed by atoms with Gasteiger partial charge in [0, 0.05) is 19.0 Å². The third kappa shape index (κ3) is 4.61. The zero-order valence-corrected chi connectivity index (χ0v) is 17.8. The van der Waals surface area contributed by atoms with E-state index in [9.17, 15) is 9.18 Å². The molecule has 1 aromatic carbocycles. The number of likely N-dealkylation sites (tertiary alicyclic amines) is 1. The summed E-state index contributed by atoms with van der Waals surface area (Å²) in [5, 5.41) is 0. The summed E-state index contributed by atoms with van der Waals surface area (Å²) in [7, 11) is 0. The molecule has 4 heterocycles. The van der Waals surface area contributed by atoms with E-state index in [0.717, 1.165) is 24.2 Å². The third-order valence-corrected chi connectivity index (χ3v) is 6.13. The second-order valence-electron chi connectivity index (χ2n) is 8.70. The van der Waals surface area contributed by atoms with E-state index in [1.165, 1.54) is 12.1 Å². The second-order valence-corrected chi connectivity index (χ2v) is 8.70. The first-order chi connectivity index (χ1) is 15.6. The molecule has 8 heteroatoms. The Labute approximate surface area is 185 Å². The first kappa shape index (κ1) is 20.9. The molecule has 2 aromatic heterocycles. The highest BCUT2D eigenvalue weighted by molar-refractivity contribution is 5.92. The van der Waals surface area contributed by atoms with Gasteiger partial charge in [-0.25, -0.2) is 9.37 Å². The molecule has 2 aliphatic rings. The summed E-state index contributed by atoms with van der Waals surface area (Å²) in [6, 6.07) is 10.0. The summed E-state index contributed by atoms with van der Waals surface area (Å²) in [5.41, 5.74) is 0.596. The van der Waals surface area contributed by atoms with Gasteiger partial charge < -0.3 is 23.4 Å². The van der Waals surface area contributed by atoms with Gasteiger partial charge in [-0.1, -0.05) is 12.1 Å². The van der Waals surface area contributed by atoms with Crippen LogP contribution < -0.4 is 0 Å². The van der Waals surface area contributed by atoms with Crippen molar-refractivity contribution in [1.29, 1.82) is 0 Å². The van der Waals surface area contributed by atoms with Gasteiger partial charge in [0.05, 0.1) is 39.2 Å². The predicted octanol–water partition coefficient (Wildman–Crippen LogP) is 3.50. The Morgan fingerprint density at radius 2 is 2.19 bits per heavy atom. The number of imidazole rings is 1. The first-order valence-corrected chi connectivity index (χ1v) is 10.9. The van der Waals surface area contributed by atoms with Crippen molar-refractivity contribution in [2.45, 2.75) is 31.6 Å². The van der Waals surface area contributed by atoms with Crippen molar-refractivity contribution in [1.82, 2.24) is 14.5 Å². The molecular weight excluding hydrogens is 413 g/mol. The fourth-order valence-corrected chi connectivity index (χ4v) is 4.50. The molecule has 0 saturated carbocycles. The summed E-state index contributed by atoms with van der Waals surface area (Å²) in [6.45, 7) is 3.42.